The van der Waals surface area contributed by atoms with Gasteiger partial charge in [0.1, 0.15) is 0 Å². The molecule has 0 aliphatic heterocycles. The summed E-state index contributed by atoms with van der Waals surface area (Å²) in [6.07, 6.45) is 3.51. The molecule has 0 aromatic carbocycles. The predicted molar refractivity (Wildman–Crippen MR) is 59.0 cm³/mol. The number of unbranched alkanes of at least 4 members (excludes halogenated alkanes) is 1. The van der Waals surface area contributed by atoms with E-state index in [0.29, 0.717) is 12.2 Å². The molecule has 6 nitrogen and oxygen atoms in total. The maximum atomic E-state index is 11.4. The van der Waals surface area contributed by atoms with Crippen molar-refractivity contribution in [1.82, 2.24) is 20.7 Å². The third-order valence-electron chi connectivity index (χ3n) is 1.96. The van der Waals surface area contributed by atoms with Crippen LogP contribution in [-0.2, 0) is 4.74 Å². The molecule has 0 fully saturated rings. The Morgan fingerprint density at radius 3 is 3.00 bits per heavy atom. The lowest BCUT2D eigenvalue weighted by molar-refractivity contribution is 0.0754. The first-order valence-corrected chi connectivity index (χ1v) is 5.45. The molecule has 1 amide bonds. The van der Waals surface area contributed by atoms with Crippen molar-refractivity contribution in [3.63, 3.8) is 0 Å². The Balaban J connectivity index is 2.01. The van der Waals surface area contributed by atoms with Crippen LogP contribution in [0.4, 0.5) is 0 Å². The van der Waals surface area contributed by atoms with Gasteiger partial charge in [0.2, 0.25) is 0 Å². The SMILES string of the molecule is CC(C)OCCCCNC(=O)c1cn[nH]n1. The predicted octanol–water partition coefficient (Wildman–Crippen LogP) is 0.740. The lowest BCUT2D eigenvalue weighted by atomic mass is 10.3. The number of hydrogen-bond acceptors (Lipinski definition) is 4. The van der Waals surface area contributed by atoms with E-state index in [9.17, 15) is 4.79 Å². The molecule has 1 aromatic heterocycles. The van der Waals surface area contributed by atoms with Crippen LogP contribution in [-0.4, -0.2) is 40.6 Å². The van der Waals surface area contributed by atoms with Gasteiger partial charge in [-0.15, -0.1) is 0 Å². The highest BCUT2D eigenvalue weighted by Crippen LogP contribution is 1.94. The summed E-state index contributed by atoms with van der Waals surface area (Å²) in [4.78, 5) is 11.4. The molecule has 0 saturated heterocycles. The number of hydrogen-bond donors (Lipinski definition) is 2. The van der Waals surface area contributed by atoms with Gasteiger partial charge in [-0.25, -0.2) is 0 Å². The first kappa shape index (κ1) is 12.6. The van der Waals surface area contributed by atoms with Gasteiger partial charge in [-0.1, -0.05) is 0 Å². The van der Waals surface area contributed by atoms with E-state index in [0.717, 1.165) is 19.4 Å². The van der Waals surface area contributed by atoms with Gasteiger partial charge in [-0.2, -0.15) is 15.4 Å². The molecule has 0 unspecified atom stereocenters. The highest BCUT2D eigenvalue weighted by atomic mass is 16.5. The van der Waals surface area contributed by atoms with Crippen LogP contribution in [0.1, 0.15) is 37.2 Å². The molecule has 0 atom stereocenters. The Bertz CT molecular complexity index is 298. The van der Waals surface area contributed by atoms with Crippen molar-refractivity contribution < 1.29 is 9.53 Å². The number of carbonyl (C=O) groups is 1. The zero-order chi connectivity index (χ0) is 11.8. The summed E-state index contributed by atoms with van der Waals surface area (Å²) in [5, 5.41) is 12.4. The van der Waals surface area contributed by atoms with Crippen molar-refractivity contribution >= 4 is 5.91 Å². The van der Waals surface area contributed by atoms with Crippen molar-refractivity contribution in [3.05, 3.63) is 11.9 Å². The Kier molecular flexibility index (Phi) is 5.49. The van der Waals surface area contributed by atoms with Gasteiger partial charge in [0, 0.05) is 13.2 Å². The molecule has 0 aliphatic carbocycles. The average molecular weight is 226 g/mol. The number of aromatic amines is 1. The first-order valence-electron chi connectivity index (χ1n) is 5.45. The topological polar surface area (TPSA) is 79.9 Å². The van der Waals surface area contributed by atoms with E-state index in [1.54, 1.807) is 0 Å². The summed E-state index contributed by atoms with van der Waals surface area (Å²) in [5.41, 5.74) is 0.318. The van der Waals surface area contributed by atoms with Crippen molar-refractivity contribution in [1.29, 1.82) is 0 Å². The van der Waals surface area contributed by atoms with Gasteiger partial charge >= 0.3 is 0 Å². The zero-order valence-corrected chi connectivity index (χ0v) is 9.69. The summed E-state index contributed by atoms with van der Waals surface area (Å²) in [7, 11) is 0. The molecule has 0 spiro atoms. The highest BCUT2D eigenvalue weighted by molar-refractivity contribution is 5.91. The second-order valence-electron chi connectivity index (χ2n) is 3.74. The fraction of sp³-hybridized carbons (Fsp3) is 0.700. The molecule has 0 aliphatic rings. The number of aromatic nitrogens is 3. The largest absolute Gasteiger partial charge is 0.379 e. The van der Waals surface area contributed by atoms with Crippen LogP contribution >= 0.6 is 0 Å². The van der Waals surface area contributed by atoms with Crippen LogP contribution in [0.2, 0.25) is 0 Å². The number of nitrogens with zero attached hydrogens (tertiary/aromatic N) is 2. The molecule has 6 heteroatoms. The monoisotopic (exact) mass is 226 g/mol. The molecule has 1 rings (SSSR count). The van der Waals surface area contributed by atoms with E-state index in [1.807, 2.05) is 13.8 Å². The minimum absolute atomic E-state index is 0.196. The Hall–Kier alpha value is -1.43. The molecule has 1 heterocycles. The number of ether oxygens (including phenoxy) is 1. The lowest BCUT2D eigenvalue weighted by Crippen LogP contribution is -2.25. The molecular formula is C10H18N4O2. The van der Waals surface area contributed by atoms with Crippen molar-refractivity contribution in [2.45, 2.75) is 32.8 Å². The Morgan fingerprint density at radius 2 is 2.38 bits per heavy atom. The van der Waals surface area contributed by atoms with Crippen LogP contribution in [0, 0.1) is 0 Å². The smallest absolute Gasteiger partial charge is 0.273 e. The average Bonchev–Trinajstić information content (AvgIpc) is 2.75. The molecule has 90 valence electrons. The molecule has 1 aromatic rings. The fourth-order valence-corrected chi connectivity index (χ4v) is 1.15. The van der Waals surface area contributed by atoms with E-state index < -0.39 is 0 Å². The quantitative estimate of drug-likeness (QED) is 0.672. The molecular weight excluding hydrogens is 208 g/mol. The number of amides is 1. The number of carbonyl (C=O) groups excluding carboxylic acids is 1. The van der Waals surface area contributed by atoms with Crippen molar-refractivity contribution in [3.8, 4) is 0 Å². The normalized spacial score (nSPS) is 10.7. The second-order valence-corrected chi connectivity index (χ2v) is 3.74. The molecule has 0 saturated carbocycles. The van der Waals surface area contributed by atoms with Gasteiger partial charge in [0.25, 0.3) is 5.91 Å². The summed E-state index contributed by atoms with van der Waals surface area (Å²) in [6.45, 7) is 5.38. The summed E-state index contributed by atoms with van der Waals surface area (Å²) in [6, 6.07) is 0. The number of H-pyrrole nitrogens is 1. The van der Waals surface area contributed by atoms with Crippen LogP contribution in [0.3, 0.4) is 0 Å². The third kappa shape index (κ3) is 4.88. The Labute approximate surface area is 94.8 Å². The maximum Gasteiger partial charge on any atom is 0.273 e. The number of rotatable bonds is 7. The lowest BCUT2D eigenvalue weighted by Gasteiger charge is -2.07. The molecule has 0 radical (unpaired) electrons. The molecule has 16 heavy (non-hydrogen) atoms. The minimum atomic E-state index is -0.196. The fourth-order valence-electron chi connectivity index (χ4n) is 1.15. The molecule has 0 bridgehead atoms. The standard InChI is InChI=1S/C10H18N4O2/c1-8(2)16-6-4-3-5-11-10(15)9-7-12-14-13-9/h7-8H,3-6H2,1-2H3,(H,11,15)(H,12,13,14). The van der Waals surface area contributed by atoms with Gasteiger partial charge in [0.05, 0.1) is 12.3 Å². The van der Waals surface area contributed by atoms with Crippen LogP contribution in [0.15, 0.2) is 6.20 Å². The summed E-state index contributed by atoms with van der Waals surface area (Å²) >= 11 is 0. The van der Waals surface area contributed by atoms with Crippen LogP contribution in [0.25, 0.3) is 0 Å². The highest BCUT2D eigenvalue weighted by Gasteiger charge is 2.06. The maximum absolute atomic E-state index is 11.4. The van der Waals surface area contributed by atoms with Crippen molar-refractivity contribution in [2.24, 2.45) is 0 Å². The van der Waals surface area contributed by atoms with Gasteiger partial charge in [-0.3, -0.25) is 4.79 Å². The van der Waals surface area contributed by atoms with E-state index in [-0.39, 0.29) is 12.0 Å². The van der Waals surface area contributed by atoms with Crippen LogP contribution < -0.4 is 5.32 Å². The number of nitrogens with one attached hydrogen (secondary N) is 2. The third-order valence-corrected chi connectivity index (χ3v) is 1.96. The van der Waals surface area contributed by atoms with E-state index in [1.165, 1.54) is 6.20 Å². The van der Waals surface area contributed by atoms with E-state index >= 15 is 0 Å². The second kappa shape index (κ2) is 6.95. The zero-order valence-electron chi connectivity index (χ0n) is 9.69. The first-order chi connectivity index (χ1) is 7.70. The van der Waals surface area contributed by atoms with E-state index in [4.69, 9.17) is 4.74 Å². The van der Waals surface area contributed by atoms with Gasteiger partial charge in [-0.05, 0) is 26.7 Å². The summed E-state index contributed by atoms with van der Waals surface area (Å²) in [5.74, 6) is -0.196. The molecule has 2 N–H and O–H groups in total. The minimum Gasteiger partial charge on any atom is -0.379 e. The van der Waals surface area contributed by atoms with Gasteiger partial charge < -0.3 is 10.1 Å². The Morgan fingerprint density at radius 1 is 1.56 bits per heavy atom. The van der Waals surface area contributed by atoms with E-state index in [2.05, 4.69) is 20.7 Å². The van der Waals surface area contributed by atoms with Gasteiger partial charge in [0.15, 0.2) is 5.69 Å². The van der Waals surface area contributed by atoms with Crippen molar-refractivity contribution in [2.75, 3.05) is 13.2 Å². The summed E-state index contributed by atoms with van der Waals surface area (Å²) < 4.78 is 5.38. The van der Waals surface area contributed by atoms with Crippen LogP contribution in [0.5, 0.6) is 0 Å².